The van der Waals surface area contributed by atoms with Crippen LogP contribution in [0.25, 0.3) is 0 Å². The van der Waals surface area contributed by atoms with E-state index in [1.165, 1.54) is 18.4 Å². The predicted octanol–water partition coefficient (Wildman–Crippen LogP) is 3.72. The molecular formula is C21H24N2O2. The Morgan fingerprint density at radius 1 is 1.08 bits per heavy atom. The highest BCUT2D eigenvalue weighted by atomic mass is 16.5. The van der Waals surface area contributed by atoms with Gasteiger partial charge in [0.25, 0.3) is 0 Å². The van der Waals surface area contributed by atoms with Crippen LogP contribution in [0, 0.1) is 5.92 Å². The average Bonchev–Trinajstić information content (AvgIpc) is 2.90. The second-order valence-corrected chi connectivity index (χ2v) is 7.14. The molecule has 2 unspecified atom stereocenters. The fourth-order valence-electron chi connectivity index (χ4n) is 4.42. The van der Waals surface area contributed by atoms with Gasteiger partial charge in [-0.3, -0.25) is 9.69 Å². The van der Waals surface area contributed by atoms with E-state index in [0.717, 1.165) is 19.4 Å². The zero-order valence-corrected chi connectivity index (χ0v) is 14.6. The number of Topliss-reactive ketones (excluding diaryl/α,β-unsaturated/α-hetero) is 1. The Bertz CT molecular complexity index is 733. The number of ketones is 1. The second kappa shape index (κ2) is 6.96. The lowest BCUT2D eigenvalue weighted by Crippen LogP contribution is -2.44. The highest BCUT2D eigenvalue weighted by Gasteiger charge is 2.43. The number of ether oxygens (including phenoxy) is 1. The maximum absolute atomic E-state index is 12.9. The third kappa shape index (κ3) is 3.31. The highest BCUT2D eigenvalue weighted by Crippen LogP contribution is 2.40. The molecule has 2 saturated heterocycles. The molecule has 4 rings (SSSR count). The smallest absolute Gasteiger partial charge is 0.213 e. The maximum atomic E-state index is 12.9. The summed E-state index contributed by atoms with van der Waals surface area (Å²) in [5.41, 5.74) is 1.90. The molecule has 0 radical (unpaired) electrons. The van der Waals surface area contributed by atoms with Crippen molar-refractivity contribution in [3.63, 3.8) is 0 Å². The number of benzene rings is 1. The molecule has 0 spiro atoms. The topological polar surface area (TPSA) is 42.4 Å². The van der Waals surface area contributed by atoms with E-state index in [4.69, 9.17) is 4.74 Å². The molecule has 0 saturated carbocycles. The number of carbonyl (C=O) groups excluding carboxylic acids is 1. The number of nitrogens with zero attached hydrogens (tertiary/aromatic N) is 2. The minimum absolute atomic E-state index is 0.0872. The van der Waals surface area contributed by atoms with Gasteiger partial charge in [0.15, 0.2) is 5.78 Å². The molecule has 4 heteroatoms. The van der Waals surface area contributed by atoms with Gasteiger partial charge in [0, 0.05) is 30.6 Å². The van der Waals surface area contributed by atoms with Gasteiger partial charge in [0.1, 0.15) is 5.69 Å². The summed E-state index contributed by atoms with van der Waals surface area (Å²) < 4.78 is 5.16. The summed E-state index contributed by atoms with van der Waals surface area (Å²) in [4.78, 5) is 19.9. The number of rotatable bonds is 5. The molecule has 25 heavy (non-hydrogen) atoms. The largest absolute Gasteiger partial charge is 0.481 e. The number of carbonyl (C=O) groups is 1. The van der Waals surface area contributed by atoms with Crippen LogP contribution < -0.4 is 4.74 Å². The van der Waals surface area contributed by atoms with Crippen LogP contribution in [0.2, 0.25) is 0 Å². The highest BCUT2D eigenvalue weighted by molar-refractivity contribution is 5.96. The van der Waals surface area contributed by atoms with Crippen LogP contribution in [0.3, 0.4) is 0 Å². The standard InChI is InChI=1S/C21H24N2O2/c1-25-20-9-5-8-19(22-20)21(24)16-12-17-10-11-18(13-16)23(17)14-15-6-3-2-4-7-15/h2-9,16-18H,10-14H2,1H3. The molecule has 2 aliphatic rings. The zero-order chi connectivity index (χ0) is 17.2. The Kier molecular flexibility index (Phi) is 4.53. The van der Waals surface area contributed by atoms with Crippen molar-refractivity contribution in [2.75, 3.05) is 7.11 Å². The van der Waals surface area contributed by atoms with Gasteiger partial charge in [-0.2, -0.15) is 0 Å². The van der Waals surface area contributed by atoms with Crippen molar-refractivity contribution in [3.8, 4) is 5.88 Å². The first-order valence-corrected chi connectivity index (χ1v) is 9.09. The first-order chi connectivity index (χ1) is 12.2. The molecule has 2 fully saturated rings. The SMILES string of the molecule is COc1cccc(C(=O)C2CC3CCC(C2)N3Cc2ccccc2)n1. The summed E-state index contributed by atoms with van der Waals surface area (Å²) >= 11 is 0. The van der Waals surface area contributed by atoms with Crippen LogP contribution in [0.15, 0.2) is 48.5 Å². The van der Waals surface area contributed by atoms with E-state index >= 15 is 0 Å². The Morgan fingerprint density at radius 2 is 1.80 bits per heavy atom. The summed E-state index contributed by atoms with van der Waals surface area (Å²) in [7, 11) is 1.58. The third-order valence-electron chi connectivity index (χ3n) is 5.65. The van der Waals surface area contributed by atoms with E-state index < -0.39 is 0 Å². The molecule has 3 heterocycles. The van der Waals surface area contributed by atoms with Gasteiger partial charge in [-0.1, -0.05) is 36.4 Å². The lowest BCUT2D eigenvalue weighted by atomic mass is 9.86. The van der Waals surface area contributed by atoms with Crippen LogP contribution in [0.1, 0.15) is 41.7 Å². The fraction of sp³-hybridized carbons (Fsp3) is 0.429. The third-order valence-corrected chi connectivity index (χ3v) is 5.65. The van der Waals surface area contributed by atoms with Gasteiger partial charge in [-0.15, -0.1) is 0 Å². The van der Waals surface area contributed by atoms with Crippen LogP contribution in [-0.2, 0) is 6.54 Å². The molecule has 2 aliphatic heterocycles. The predicted molar refractivity (Wildman–Crippen MR) is 96.6 cm³/mol. The molecule has 0 N–H and O–H groups in total. The minimum Gasteiger partial charge on any atom is -0.481 e. The summed E-state index contributed by atoms with van der Waals surface area (Å²) in [6, 6.07) is 17.1. The first-order valence-electron chi connectivity index (χ1n) is 9.09. The van der Waals surface area contributed by atoms with Crippen LogP contribution >= 0.6 is 0 Å². The number of pyridine rings is 1. The number of aromatic nitrogens is 1. The Balaban J connectivity index is 1.46. The summed E-state index contributed by atoms with van der Waals surface area (Å²) in [5.74, 6) is 0.773. The monoisotopic (exact) mass is 336 g/mol. The van der Waals surface area contributed by atoms with Crippen LogP contribution in [-0.4, -0.2) is 34.9 Å². The van der Waals surface area contributed by atoms with E-state index in [0.29, 0.717) is 23.7 Å². The maximum Gasteiger partial charge on any atom is 0.213 e. The molecule has 130 valence electrons. The summed E-state index contributed by atoms with van der Waals surface area (Å²) in [5, 5.41) is 0. The van der Waals surface area contributed by atoms with Crippen molar-refractivity contribution in [2.24, 2.45) is 5.92 Å². The van der Waals surface area contributed by atoms with Crippen molar-refractivity contribution in [1.29, 1.82) is 0 Å². The van der Waals surface area contributed by atoms with Crippen LogP contribution in [0.4, 0.5) is 0 Å². The van der Waals surface area contributed by atoms with E-state index in [1.54, 1.807) is 13.2 Å². The number of methoxy groups -OCH3 is 1. The molecule has 0 amide bonds. The van der Waals surface area contributed by atoms with Gasteiger partial charge in [-0.25, -0.2) is 4.98 Å². The van der Waals surface area contributed by atoms with E-state index in [-0.39, 0.29) is 11.7 Å². The number of fused-ring (bicyclic) bond motifs is 2. The van der Waals surface area contributed by atoms with Gasteiger partial charge in [-0.05, 0) is 37.3 Å². The zero-order valence-electron chi connectivity index (χ0n) is 14.6. The van der Waals surface area contributed by atoms with Gasteiger partial charge < -0.3 is 4.74 Å². The quantitative estimate of drug-likeness (QED) is 0.781. The molecule has 1 aromatic carbocycles. The Morgan fingerprint density at radius 3 is 2.48 bits per heavy atom. The first kappa shape index (κ1) is 16.3. The minimum atomic E-state index is 0.0872. The van der Waals surface area contributed by atoms with E-state index in [2.05, 4.69) is 40.2 Å². The lowest BCUT2D eigenvalue weighted by Gasteiger charge is -2.38. The van der Waals surface area contributed by atoms with Crippen LogP contribution in [0.5, 0.6) is 5.88 Å². The number of hydrogen-bond acceptors (Lipinski definition) is 4. The summed E-state index contributed by atoms with van der Waals surface area (Å²) in [6.45, 7) is 0.995. The van der Waals surface area contributed by atoms with E-state index in [1.807, 2.05) is 12.1 Å². The average molecular weight is 336 g/mol. The normalized spacial score (nSPS) is 25.7. The van der Waals surface area contributed by atoms with Crippen molar-refractivity contribution in [1.82, 2.24) is 9.88 Å². The number of hydrogen-bond donors (Lipinski definition) is 0. The molecule has 4 nitrogen and oxygen atoms in total. The lowest BCUT2D eigenvalue weighted by molar-refractivity contribution is 0.0673. The van der Waals surface area contributed by atoms with Crippen molar-refractivity contribution < 1.29 is 9.53 Å². The number of piperidine rings is 1. The van der Waals surface area contributed by atoms with E-state index in [9.17, 15) is 4.79 Å². The molecule has 2 atom stereocenters. The second-order valence-electron chi connectivity index (χ2n) is 7.14. The summed E-state index contributed by atoms with van der Waals surface area (Å²) in [6.07, 6.45) is 4.29. The molecule has 0 aliphatic carbocycles. The molecule has 1 aromatic heterocycles. The van der Waals surface area contributed by atoms with Gasteiger partial charge in [0.05, 0.1) is 7.11 Å². The van der Waals surface area contributed by atoms with Gasteiger partial charge >= 0.3 is 0 Å². The Labute approximate surface area is 148 Å². The van der Waals surface area contributed by atoms with Crippen molar-refractivity contribution >= 4 is 5.78 Å². The van der Waals surface area contributed by atoms with Gasteiger partial charge in [0.2, 0.25) is 5.88 Å². The Hall–Kier alpha value is -2.20. The molecule has 2 bridgehead atoms. The molecular weight excluding hydrogens is 312 g/mol. The van der Waals surface area contributed by atoms with Crippen molar-refractivity contribution in [3.05, 3.63) is 59.8 Å². The fourth-order valence-corrected chi connectivity index (χ4v) is 4.42. The molecule has 2 aromatic rings. The van der Waals surface area contributed by atoms with Crippen molar-refractivity contribution in [2.45, 2.75) is 44.3 Å².